The molecule has 0 heterocycles. The summed E-state index contributed by atoms with van der Waals surface area (Å²) in [5, 5.41) is 0. The summed E-state index contributed by atoms with van der Waals surface area (Å²) in [6.07, 6.45) is 7.14. The van der Waals surface area contributed by atoms with Gasteiger partial charge in [0, 0.05) is 5.56 Å². The van der Waals surface area contributed by atoms with E-state index < -0.39 is 11.6 Å². The highest BCUT2D eigenvalue weighted by atomic mass is 19.2. The molecule has 0 bridgehead atoms. The molecule has 2 aromatic rings. The van der Waals surface area contributed by atoms with E-state index in [0.717, 1.165) is 17.9 Å². The molecule has 0 N–H and O–H groups in total. The molecule has 0 spiro atoms. The van der Waals surface area contributed by atoms with Gasteiger partial charge in [0.1, 0.15) is 0 Å². The summed E-state index contributed by atoms with van der Waals surface area (Å²) >= 11 is 0. The van der Waals surface area contributed by atoms with Gasteiger partial charge in [-0.05, 0) is 73.8 Å². The van der Waals surface area contributed by atoms with Crippen LogP contribution in [0, 0.1) is 29.4 Å². The van der Waals surface area contributed by atoms with E-state index >= 15 is 0 Å². The fourth-order valence-electron chi connectivity index (χ4n) is 3.83. The van der Waals surface area contributed by atoms with E-state index in [-0.39, 0.29) is 11.3 Å². The molecule has 1 fully saturated rings. The van der Waals surface area contributed by atoms with Gasteiger partial charge in [0.15, 0.2) is 11.6 Å². The van der Waals surface area contributed by atoms with Crippen LogP contribution >= 0.6 is 0 Å². The smallest absolute Gasteiger partial charge is 0.201 e. The van der Waals surface area contributed by atoms with Crippen molar-refractivity contribution in [2.24, 2.45) is 5.92 Å². The molecule has 3 rings (SSSR count). The summed E-state index contributed by atoms with van der Waals surface area (Å²) in [6, 6.07) is 11.1. The van der Waals surface area contributed by atoms with Crippen molar-refractivity contribution < 1.29 is 13.5 Å². The van der Waals surface area contributed by atoms with Gasteiger partial charge in [0.05, 0.1) is 12.2 Å². The number of halogens is 2. The van der Waals surface area contributed by atoms with Gasteiger partial charge in [0.25, 0.3) is 0 Å². The number of hydrogen-bond donors (Lipinski definition) is 0. The SMILES string of the molecule is CCCOc1ccc(C#Cc2ccc(C3CCC(CC)CC3)cc2)c(F)c1F. The number of rotatable bonds is 5. The highest BCUT2D eigenvalue weighted by molar-refractivity contribution is 5.46. The van der Waals surface area contributed by atoms with Crippen molar-refractivity contribution in [3.05, 3.63) is 64.7 Å². The topological polar surface area (TPSA) is 9.23 Å². The molecule has 3 heteroatoms. The van der Waals surface area contributed by atoms with Crippen LogP contribution in [0.2, 0.25) is 0 Å². The average molecular weight is 382 g/mol. The monoisotopic (exact) mass is 382 g/mol. The largest absolute Gasteiger partial charge is 0.490 e. The minimum Gasteiger partial charge on any atom is -0.490 e. The standard InChI is InChI=1S/C25H28F2O/c1-3-17-28-23-16-15-22(24(26)25(23)27)14-9-19-7-12-21(13-8-19)20-10-5-18(4-2)6-11-20/h7-8,12-13,15-16,18,20H,3-6,10-11,17H2,1-2H3. The van der Waals surface area contributed by atoms with Gasteiger partial charge >= 0.3 is 0 Å². The molecule has 1 saturated carbocycles. The zero-order valence-corrected chi connectivity index (χ0v) is 16.7. The Morgan fingerprint density at radius 1 is 0.893 bits per heavy atom. The second kappa shape index (κ2) is 9.73. The molecule has 1 nitrogen and oxygen atoms in total. The van der Waals surface area contributed by atoms with E-state index in [1.807, 2.05) is 19.1 Å². The van der Waals surface area contributed by atoms with E-state index in [1.54, 1.807) is 0 Å². The average Bonchev–Trinajstić information content (AvgIpc) is 2.74. The van der Waals surface area contributed by atoms with E-state index in [9.17, 15) is 8.78 Å². The van der Waals surface area contributed by atoms with Crippen LogP contribution in [0.4, 0.5) is 8.78 Å². The highest BCUT2D eigenvalue weighted by Gasteiger charge is 2.21. The fourth-order valence-corrected chi connectivity index (χ4v) is 3.83. The summed E-state index contributed by atoms with van der Waals surface area (Å²) < 4.78 is 33.5. The molecule has 0 amide bonds. The van der Waals surface area contributed by atoms with Gasteiger partial charge in [-0.3, -0.25) is 0 Å². The second-order valence-corrected chi connectivity index (χ2v) is 7.59. The van der Waals surface area contributed by atoms with Crippen LogP contribution in [0.5, 0.6) is 5.75 Å². The second-order valence-electron chi connectivity index (χ2n) is 7.59. The van der Waals surface area contributed by atoms with Gasteiger partial charge < -0.3 is 4.74 Å². The lowest BCUT2D eigenvalue weighted by atomic mass is 9.78. The zero-order valence-electron chi connectivity index (χ0n) is 16.7. The number of benzene rings is 2. The molecule has 0 unspecified atom stereocenters. The predicted molar refractivity (Wildman–Crippen MR) is 110 cm³/mol. The van der Waals surface area contributed by atoms with Crippen molar-refractivity contribution in [2.45, 2.75) is 58.3 Å². The van der Waals surface area contributed by atoms with Crippen LogP contribution in [-0.4, -0.2) is 6.61 Å². The molecule has 0 saturated heterocycles. The first-order valence-corrected chi connectivity index (χ1v) is 10.3. The molecule has 0 aromatic heterocycles. The quantitative estimate of drug-likeness (QED) is 0.515. The third-order valence-corrected chi connectivity index (χ3v) is 5.66. The van der Waals surface area contributed by atoms with Gasteiger partial charge in [-0.25, -0.2) is 4.39 Å². The molecular formula is C25H28F2O. The molecule has 0 aliphatic heterocycles. The van der Waals surface area contributed by atoms with Gasteiger partial charge in [0.2, 0.25) is 5.82 Å². The zero-order chi connectivity index (χ0) is 19.9. The number of ether oxygens (including phenoxy) is 1. The molecule has 0 radical (unpaired) electrons. The Balaban J connectivity index is 1.68. The lowest BCUT2D eigenvalue weighted by Gasteiger charge is -2.28. The molecular weight excluding hydrogens is 354 g/mol. The fraction of sp³-hybridized carbons (Fsp3) is 0.440. The van der Waals surface area contributed by atoms with Crippen LogP contribution < -0.4 is 4.74 Å². The van der Waals surface area contributed by atoms with Crippen LogP contribution in [0.15, 0.2) is 36.4 Å². The summed E-state index contributed by atoms with van der Waals surface area (Å²) in [7, 11) is 0. The normalized spacial score (nSPS) is 19.0. The third-order valence-electron chi connectivity index (χ3n) is 5.66. The predicted octanol–water partition coefficient (Wildman–Crippen LogP) is 6.84. The van der Waals surface area contributed by atoms with Crippen molar-refractivity contribution in [1.82, 2.24) is 0 Å². The van der Waals surface area contributed by atoms with Crippen molar-refractivity contribution in [1.29, 1.82) is 0 Å². The minimum absolute atomic E-state index is 0.0447. The van der Waals surface area contributed by atoms with Crippen molar-refractivity contribution >= 4 is 0 Å². The Bertz CT molecular complexity index is 837. The Hall–Kier alpha value is -2.34. The van der Waals surface area contributed by atoms with Gasteiger partial charge in [-0.2, -0.15) is 4.39 Å². The van der Waals surface area contributed by atoms with Crippen LogP contribution in [0.1, 0.15) is 75.0 Å². The van der Waals surface area contributed by atoms with Crippen LogP contribution in [0.25, 0.3) is 0 Å². The summed E-state index contributed by atoms with van der Waals surface area (Å²) in [6.45, 7) is 4.54. The Morgan fingerprint density at radius 3 is 2.25 bits per heavy atom. The molecule has 2 aromatic carbocycles. The highest BCUT2D eigenvalue weighted by Crippen LogP contribution is 2.36. The summed E-state index contributed by atoms with van der Waals surface area (Å²) in [5.41, 5.74) is 2.20. The Morgan fingerprint density at radius 2 is 1.61 bits per heavy atom. The first kappa shape index (κ1) is 20.4. The molecule has 1 aliphatic carbocycles. The van der Waals surface area contributed by atoms with Crippen molar-refractivity contribution in [3.8, 4) is 17.6 Å². The van der Waals surface area contributed by atoms with E-state index in [4.69, 9.17) is 4.74 Å². The molecule has 1 aliphatic rings. The molecule has 0 atom stereocenters. The minimum atomic E-state index is -0.974. The lowest BCUT2D eigenvalue weighted by Crippen LogP contribution is -2.12. The van der Waals surface area contributed by atoms with Crippen molar-refractivity contribution in [3.63, 3.8) is 0 Å². The maximum atomic E-state index is 14.2. The first-order chi connectivity index (χ1) is 13.6. The Labute approximate surface area is 167 Å². The third kappa shape index (κ3) is 4.93. The van der Waals surface area contributed by atoms with Crippen LogP contribution in [0.3, 0.4) is 0 Å². The molecule has 148 valence electrons. The summed E-state index contributed by atoms with van der Waals surface area (Å²) in [4.78, 5) is 0. The van der Waals surface area contributed by atoms with E-state index in [1.165, 1.54) is 49.8 Å². The molecule has 28 heavy (non-hydrogen) atoms. The van der Waals surface area contributed by atoms with Crippen molar-refractivity contribution in [2.75, 3.05) is 6.61 Å². The van der Waals surface area contributed by atoms with Crippen LogP contribution in [-0.2, 0) is 0 Å². The lowest BCUT2D eigenvalue weighted by molar-refractivity contribution is 0.295. The summed E-state index contributed by atoms with van der Waals surface area (Å²) in [5.74, 6) is 5.21. The first-order valence-electron chi connectivity index (χ1n) is 10.3. The van der Waals surface area contributed by atoms with E-state index in [2.05, 4.69) is 30.9 Å². The van der Waals surface area contributed by atoms with E-state index in [0.29, 0.717) is 12.5 Å². The van der Waals surface area contributed by atoms with Gasteiger partial charge in [-0.1, -0.05) is 44.2 Å². The van der Waals surface area contributed by atoms with Gasteiger partial charge in [-0.15, -0.1) is 0 Å². The maximum Gasteiger partial charge on any atom is 0.201 e. The number of hydrogen-bond acceptors (Lipinski definition) is 1. The Kier molecular flexibility index (Phi) is 7.09. The maximum absolute atomic E-state index is 14.2.